The Kier molecular flexibility index (Phi) is 5.95. The molecule has 0 saturated carbocycles. The summed E-state index contributed by atoms with van der Waals surface area (Å²) >= 11 is 0. The SMILES string of the molecule is Cc1cnc(C=Cc2cccc3ccccc23)cc1N1CCCCC1.Cl. The van der Waals surface area contributed by atoms with E-state index in [2.05, 4.69) is 77.5 Å². The van der Waals surface area contributed by atoms with Crippen LogP contribution in [0.25, 0.3) is 22.9 Å². The first-order valence-electron chi connectivity index (χ1n) is 9.19. The molecule has 0 bridgehead atoms. The summed E-state index contributed by atoms with van der Waals surface area (Å²) in [6, 6.07) is 17.2. The second-order valence-electron chi connectivity index (χ2n) is 6.85. The van der Waals surface area contributed by atoms with E-state index in [0.29, 0.717) is 0 Å². The van der Waals surface area contributed by atoms with Gasteiger partial charge in [-0.3, -0.25) is 4.98 Å². The maximum Gasteiger partial charge on any atom is 0.0650 e. The lowest BCUT2D eigenvalue weighted by Crippen LogP contribution is -2.30. The van der Waals surface area contributed by atoms with Gasteiger partial charge in [0.25, 0.3) is 0 Å². The zero-order valence-corrected chi connectivity index (χ0v) is 16.0. The minimum Gasteiger partial charge on any atom is -0.371 e. The van der Waals surface area contributed by atoms with E-state index in [-0.39, 0.29) is 12.4 Å². The lowest BCUT2D eigenvalue weighted by atomic mass is 10.0. The highest BCUT2D eigenvalue weighted by molar-refractivity contribution is 5.92. The molecule has 2 nitrogen and oxygen atoms in total. The van der Waals surface area contributed by atoms with Crippen molar-refractivity contribution in [1.82, 2.24) is 4.98 Å². The van der Waals surface area contributed by atoms with Crippen LogP contribution in [0.2, 0.25) is 0 Å². The van der Waals surface area contributed by atoms with Gasteiger partial charge in [0.15, 0.2) is 0 Å². The summed E-state index contributed by atoms with van der Waals surface area (Å²) in [7, 11) is 0. The summed E-state index contributed by atoms with van der Waals surface area (Å²) < 4.78 is 0. The Morgan fingerprint density at radius 3 is 2.54 bits per heavy atom. The van der Waals surface area contributed by atoms with Gasteiger partial charge in [-0.05, 0) is 60.2 Å². The average molecular weight is 365 g/mol. The molecule has 0 unspecified atom stereocenters. The van der Waals surface area contributed by atoms with Gasteiger partial charge in [0.1, 0.15) is 0 Å². The van der Waals surface area contributed by atoms with Crippen LogP contribution in [0, 0.1) is 6.92 Å². The van der Waals surface area contributed by atoms with Gasteiger partial charge in [0.05, 0.1) is 5.69 Å². The standard InChI is InChI=1S/C23H24N2.ClH/c1-18-17-24-21(16-23(18)25-14-5-2-6-15-25)13-12-20-10-7-9-19-8-3-4-11-22(19)20;/h3-4,7-13,16-17H,2,5-6,14-15H2,1H3;1H. The van der Waals surface area contributed by atoms with Crippen LogP contribution >= 0.6 is 12.4 Å². The Balaban J connectivity index is 0.00000196. The molecular weight excluding hydrogens is 340 g/mol. The third kappa shape index (κ3) is 3.91. The summed E-state index contributed by atoms with van der Waals surface area (Å²) in [5, 5.41) is 2.56. The highest BCUT2D eigenvalue weighted by Crippen LogP contribution is 2.25. The maximum atomic E-state index is 4.62. The molecule has 0 N–H and O–H groups in total. The molecule has 4 rings (SSSR count). The van der Waals surface area contributed by atoms with Crippen LogP contribution in [0.15, 0.2) is 54.7 Å². The van der Waals surface area contributed by atoms with Gasteiger partial charge >= 0.3 is 0 Å². The number of halogens is 1. The van der Waals surface area contributed by atoms with Crippen LogP contribution in [0.4, 0.5) is 5.69 Å². The zero-order chi connectivity index (χ0) is 17.1. The minimum absolute atomic E-state index is 0. The van der Waals surface area contributed by atoms with E-state index in [1.807, 2.05) is 6.20 Å². The van der Waals surface area contributed by atoms with Gasteiger partial charge in [-0.2, -0.15) is 0 Å². The molecule has 1 aromatic heterocycles. The van der Waals surface area contributed by atoms with Gasteiger partial charge < -0.3 is 4.90 Å². The molecule has 2 heterocycles. The number of fused-ring (bicyclic) bond motifs is 1. The summed E-state index contributed by atoms with van der Waals surface area (Å²) in [6.45, 7) is 4.49. The second-order valence-corrected chi connectivity index (χ2v) is 6.85. The predicted molar refractivity (Wildman–Crippen MR) is 115 cm³/mol. The quantitative estimate of drug-likeness (QED) is 0.556. The number of anilines is 1. The molecule has 0 amide bonds. The van der Waals surface area contributed by atoms with E-state index in [1.54, 1.807) is 0 Å². The Morgan fingerprint density at radius 2 is 1.69 bits per heavy atom. The molecule has 1 aliphatic rings. The summed E-state index contributed by atoms with van der Waals surface area (Å²) in [6.07, 6.45) is 10.3. The molecular formula is C23H25ClN2. The lowest BCUT2D eigenvalue weighted by molar-refractivity contribution is 0.577. The number of rotatable bonds is 3. The van der Waals surface area contributed by atoms with Gasteiger partial charge in [0, 0.05) is 25.0 Å². The van der Waals surface area contributed by atoms with Crippen LogP contribution in [-0.2, 0) is 0 Å². The van der Waals surface area contributed by atoms with Crippen molar-refractivity contribution in [2.24, 2.45) is 0 Å². The van der Waals surface area contributed by atoms with E-state index >= 15 is 0 Å². The Morgan fingerprint density at radius 1 is 0.923 bits per heavy atom. The molecule has 1 aliphatic heterocycles. The van der Waals surface area contributed by atoms with Crippen LogP contribution < -0.4 is 4.90 Å². The van der Waals surface area contributed by atoms with E-state index in [9.17, 15) is 0 Å². The van der Waals surface area contributed by atoms with Crippen molar-refractivity contribution in [3.63, 3.8) is 0 Å². The smallest absolute Gasteiger partial charge is 0.0650 e. The van der Waals surface area contributed by atoms with Crippen LogP contribution in [0.3, 0.4) is 0 Å². The molecule has 0 aliphatic carbocycles. The largest absolute Gasteiger partial charge is 0.371 e. The van der Waals surface area contributed by atoms with Crippen LogP contribution in [0.1, 0.15) is 36.1 Å². The number of aryl methyl sites for hydroxylation is 1. The Hall–Kier alpha value is -2.32. The lowest BCUT2D eigenvalue weighted by Gasteiger charge is -2.30. The molecule has 0 spiro atoms. The first-order valence-corrected chi connectivity index (χ1v) is 9.19. The molecule has 3 heteroatoms. The molecule has 3 aromatic rings. The summed E-state index contributed by atoms with van der Waals surface area (Å²) in [4.78, 5) is 7.13. The third-order valence-corrected chi connectivity index (χ3v) is 5.05. The van der Waals surface area contributed by atoms with Crippen LogP contribution in [-0.4, -0.2) is 18.1 Å². The molecule has 2 aromatic carbocycles. The van der Waals surface area contributed by atoms with Gasteiger partial charge in [-0.25, -0.2) is 0 Å². The monoisotopic (exact) mass is 364 g/mol. The minimum atomic E-state index is 0. The van der Waals surface area contributed by atoms with Gasteiger partial charge in [0.2, 0.25) is 0 Å². The molecule has 26 heavy (non-hydrogen) atoms. The number of hydrogen-bond acceptors (Lipinski definition) is 2. The number of pyridine rings is 1. The molecule has 0 atom stereocenters. The number of nitrogens with zero attached hydrogens (tertiary/aromatic N) is 2. The van der Waals surface area contributed by atoms with Gasteiger partial charge in [-0.1, -0.05) is 48.5 Å². The molecule has 134 valence electrons. The fraction of sp³-hybridized carbons (Fsp3) is 0.261. The van der Waals surface area contributed by atoms with Crippen molar-refractivity contribution in [3.05, 3.63) is 71.5 Å². The van der Waals surface area contributed by atoms with Crippen molar-refractivity contribution in [2.45, 2.75) is 26.2 Å². The van der Waals surface area contributed by atoms with E-state index in [1.165, 1.54) is 46.8 Å². The molecule has 0 radical (unpaired) electrons. The summed E-state index contributed by atoms with van der Waals surface area (Å²) in [5.74, 6) is 0. The van der Waals surface area contributed by atoms with Crippen molar-refractivity contribution < 1.29 is 0 Å². The fourth-order valence-corrected chi connectivity index (χ4v) is 3.67. The third-order valence-electron chi connectivity index (χ3n) is 5.05. The number of benzene rings is 2. The molecule has 1 saturated heterocycles. The second kappa shape index (κ2) is 8.37. The molecule has 1 fully saturated rings. The Labute approximate surface area is 162 Å². The first kappa shape index (κ1) is 18.5. The van der Waals surface area contributed by atoms with Crippen molar-refractivity contribution in [3.8, 4) is 0 Å². The number of aromatic nitrogens is 1. The topological polar surface area (TPSA) is 16.1 Å². The maximum absolute atomic E-state index is 4.62. The van der Waals surface area contributed by atoms with Crippen molar-refractivity contribution in [1.29, 1.82) is 0 Å². The Bertz CT molecular complexity index is 906. The van der Waals surface area contributed by atoms with Crippen LogP contribution in [0.5, 0.6) is 0 Å². The van der Waals surface area contributed by atoms with Crippen molar-refractivity contribution >= 4 is 41.0 Å². The normalized spacial score (nSPS) is 14.6. The van der Waals surface area contributed by atoms with E-state index in [0.717, 1.165) is 18.8 Å². The number of piperidine rings is 1. The predicted octanol–water partition coefficient (Wildman–Crippen LogP) is 6.13. The highest BCUT2D eigenvalue weighted by atomic mass is 35.5. The van der Waals surface area contributed by atoms with E-state index < -0.39 is 0 Å². The van der Waals surface area contributed by atoms with E-state index in [4.69, 9.17) is 0 Å². The summed E-state index contributed by atoms with van der Waals surface area (Å²) in [5.41, 5.74) is 4.87. The fourth-order valence-electron chi connectivity index (χ4n) is 3.67. The zero-order valence-electron chi connectivity index (χ0n) is 15.2. The average Bonchev–Trinajstić information content (AvgIpc) is 2.68. The van der Waals surface area contributed by atoms with Crippen molar-refractivity contribution in [2.75, 3.05) is 18.0 Å². The van der Waals surface area contributed by atoms with Gasteiger partial charge in [-0.15, -0.1) is 12.4 Å². The number of hydrogen-bond donors (Lipinski definition) is 0. The first-order chi connectivity index (χ1) is 12.3. The highest BCUT2D eigenvalue weighted by Gasteiger charge is 2.13.